The lowest BCUT2D eigenvalue weighted by molar-refractivity contribution is 0.477. The summed E-state index contributed by atoms with van der Waals surface area (Å²) in [5, 5.41) is 0.693. The van der Waals surface area contributed by atoms with Gasteiger partial charge in [0.05, 0.1) is 11.4 Å². The van der Waals surface area contributed by atoms with Gasteiger partial charge in [-0.3, -0.25) is 0 Å². The summed E-state index contributed by atoms with van der Waals surface area (Å²) in [5.74, 6) is 1.65. The largest absolute Gasteiger partial charge is 0.453 e. The molecular weight excluding hydrogens is 294 g/mol. The van der Waals surface area contributed by atoms with Gasteiger partial charge in [0.2, 0.25) is 0 Å². The van der Waals surface area contributed by atoms with Gasteiger partial charge in [-0.1, -0.05) is 41.4 Å². The van der Waals surface area contributed by atoms with E-state index in [0.717, 1.165) is 28.6 Å². The zero-order valence-corrected chi connectivity index (χ0v) is 12.8. The standard InChI is InChI=1S/C19H14ClNO/c1-13-6-9-15(10-7-13)21-16-4-2-3-5-18(16)22-19-11-8-14(20)12-17(19)21/h2-12H,1H3. The van der Waals surface area contributed by atoms with Gasteiger partial charge >= 0.3 is 0 Å². The predicted molar refractivity (Wildman–Crippen MR) is 90.9 cm³/mol. The van der Waals surface area contributed by atoms with Crippen molar-refractivity contribution in [1.82, 2.24) is 0 Å². The van der Waals surface area contributed by atoms with Crippen LogP contribution in [0.4, 0.5) is 17.1 Å². The molecule has 2 nitrogen and oxygen atoms in total. The first-order chi connectivity index (χ1) is 10.7. The summed E-state index contributed by atoms with van der Waals surface area (Å²) in [4.78, 5) is 2.18. The minimum Gasteiger partial charge on any atom is -0.453 e. The molecule has 0 radical (unpaired) electrons. The number of benzene rings is 3. The Kier molecular flexibility index (Phi) is 3.05. The van der Waals surface area contributed by atoms with Crippen molar-refractivity contribution in [2.75, 3.05) is 4.90 Å². The third-order valence-electron chi connectivity index (χ3n) is 3.78. The Morgan fingerprint density at radius 2 is 1.55 bits per heavy atom. The van der Waals surface area contributed by atoms with Crippen molar-refractivity contribution in [1.29, 1.82) is 0 Å². The van der Waals surface area contributed by atoms with Crippen LogP contribution in [0.15, 0.2) is 66.7 Å². The van der Waals surface area contributed by atoms with Gasteiger partial charge in [-0.05, 0) is 49.4 Å². The summed E-state index contributed by atoms with van der Waals surface area (Å²) in [7, 11) is 0. The lowest BCUT2D eigenvalue weighted by Gasteiger charge is -2.33. The number of hydrogen-bond donors (Lipinski definition) is 0. The predicted octanol–water partition coefficient (Wildman–Crippen LogP) is 6.22. The Balaban J connectivity index is 1.96. The summed E-state index contributed by atoms with van der Waals surface area (Å²) in [6.45, 7) is 2.09. The minimum atomic E-state index is 0.693. The first-order valence-electron chi connectivity index (χ1n) is 7.15. The van der Waals surface area contributed by atoms with Crippen molar-refractivity contribution in [3.05, 3.63) is 77.3 Å². The van der Waals surface area contributed by atoms with Gasteiger partial charge in [-0.2, -0.15) is 0 Å². The maximum Gasteiger partial charge on any atom is 0.151 e. The quantitative estimate of drug-likeness (QED) is 0.413. The van der Waals surface area contributed by atoms with Gasteiger partial charge in [0.25, 0.3) is 0 Å². The number of anilines is 3. The van der Waals surface area contributed by atoms with E-state index in [2.05, 4.69) is 42.2 Å². The normalized spacial score (nSPS) is 12.4. The van der Waals surface area contributed by atoms with E-state index in [1.165, 1.54) is 5.56 Å². The molecule has 0 spiro atoms. The van der Waals surface area contributed by atoms with Crippen LogP contribution in [0.2, 0.25) is 5.02 Å². The van der Waals surface area contributed by atoms with Gasteiger partial charge in [0, 0.05) is 10.7 Å². The highest BCUT2D eigenvalue weighted by atomic mass is 35.5. The van der Waals surface area contributed by atoms with Gasteiger partial charge in [0.15, 0.2) is 11.5 Å². The van der Waals surface area contributed by atoms with Gasteiger partial charge in [0.1, 0.15) is 0 Å². The van der Waals surface area contributed by atoms with Gasteiger partial charge < -0.3 is 9.64 Å². The number of halogens is 1. The Morgan fingerprint density at radius 1 is 0.818 bits per heavy atom. The van der Waals surface area contributed by atoms with Crippen LogP contribution in [-0.4, -0.2) is 0 Å². The molecule has 1 aliphatic rings. The smallest absolute Gasteiger partial charge is 0.151 e. The van der Waals surface area contributed by atoms with Crippen LogP contribution in [0.1, 0.15) is 5.56 Å². The molecule has 0 saturated carbocycles. The summed E-state index contributed by atoms with van der Waals surface area (Å²) in [5.41, 5.74) is 4.29. The van der Waals surface area contributed by atoms with E-state index in [1.54, 1.807) is 0 Å². The van der Waals surface area contributed by atoms with E-state index in [0.29, 0.717) is 5.02 Å². The number of rotatable bonds is 1. The highest BCUT2D eigenvalue weighted by Crippen LogP contribution is 2.50. The molecule has 1 heterocycles. The van der Waals surface area contributed by atoms with Crippen LogP contribution in [-0.2, 0) is 0 Å². The minimum absolute atomic E-state index is 0.693. The van der Waals surface area contributed by atoms with Crippen molar-refractivity contribution in [3.63, 3.8) is 0 Å². The lowest BCUT2D eigenvalue weighted by atomic mass is 10.1. The van der Waals surface area contributed by atoms with E-state index in [4.69, 9.17) is 16.3 Å². The lowest BCUT2D eigenvalue weighted by Crippen LogP contribution is -2.15. The number of aryl methyl sites for hydroxylation is 1. The Morgan fingerprint density at radius 3 is 2.36 bits per heavy atom. The second-order valence-corrected chi connectivity index (χ2v) is 5.79. The zero-order valence-electron chi connectivity index (χ0n) is 12.1. The second kappa shape index (κ2) is 5.08. The zero-order chi connectivity index (χ0) is 15.1. The van der Waals surface area contributed by atoms with E-state index >= 15 is 0 Å². The molecule has 0 bridgehead atoms. The van der Waals surface area contributed by atoms with Crippen molar-refractivity contribution in [3.8, 4) is 11.5 Å². The number of ether oxygens (including phenoxy) is 1. The molecule has 0 unspecified atom stereocenters. The van der Waals surface area contributed by atoms with Crippen molar-refractivity contribution >= 4 is 28.7 Å². The molecule has 0 aliphatic carbocycles. The molecular formula is C19H14ClNO. The molecule has 0 atom stereocenters. The van der Waals surface area contributed by atoms with Gasteiger partial charge in [-0.25, -0.2) is 0 Å². The number of fused-ring (bicyclic) bond motifs is 2. The first kappa shape index (κ1) is 13.2. The fraction of sp³-hybridized carbons (Fsp3) is 0.0526. The van der Waals surface area contributed by atoms with Crippen LogP contribution < -0.4 is 9.64 Å². The molecule has 0 amide bonds. The molecule has 0 N–H and O–H groups in total. The second-order valence-electron chi connectivity index (χ2n) is 5.35. The molecule has 22 heavy (non-hydrogen) atoms. The van der Waals surface area contributed by atoms with Crippen LogP contribution in [0, 0.1) is 6.92 Å². The molecule has 108 valence electrons. The van der Waals surface area contributed by atoms with Crippen molar-refractivity contribution < 1.29 is 4.74 Å². The average molecular weight is 308 g/mol. The third-order valence-corrected chi connectivity index (χ3v) is 4.02. The molecule has 3 aromatic carbocycles. The van der Waals surface area contributed by atoms with E-state index in [9.17, 15) is 0 Å². The van der Waals surface area contributed by atoms with Crippen LogP contribution in [0.3, 0.4) is 0 Å². The van der Waals surface area contributed by atoms with Crippen LogP contribution in [0.5, 0.6) is 11.5 Å². The van der Waals surface area contributed by atoms with E-state index in [1.807, 2.05) is 36.4 Å². The Bertz CT molecular complexity index is 842. The topological polar surface area (TPSA) is 12.5 Å². The average Bonchev–Trinajstić information content (AvgIpc) is 2.54. The summed E-state index contributed by atoms with van der Waals surface area (Å²) in [6, 6.07) is 22.2. The fourth-order valence-corrected chi connectivity index (χ4v) is 2.87. The van der Waals surface area contributed by atoms with Crippen LogP contribution >= 0.6 is 11.6 Å². The highest BCUT2D eigenvalue weighted by molar-refractivity contribution is 6.31. The van der Waals surface area contributed by atoms with Crippen molar-refractivity contribution in [2.24, 2.45) is 0 Å². The molecule has 3 heteroatoms. The molecule has 0 aromatic heterocycles. The number of hydrogen-bond acceptors (Lipinski definition) is 2. The van der Waals surface area contributed by atoms with Gasteiger partial charge in [-0.15, -0.1) is 0 Å². The molecule has 1 aliphatic heterocycles. The Labute approximate surface area is 134 Å². The number of para-hydroxylation sites is 2. The van der Waals surface area contributed by atoms with Crippen molar-refractivity contribution in [2.45, 2.75) is 6.92 Å². The van der Waals surface area contributed by atoms with E-state index in [-0.39, 0.29) is 0 Å². The maximum atomic E-state index is 6.20. The van der Waals surface area contributed by atoms with E-state index < -0.39 is 0 Å². The molecule has 4 rings (SSSR count). The first-order valence-corrected chi connectivity index (χ1v) is 7.53. The molecule has 3 aromatic rings. The van der Waals surface area contributed by atoms with Crippen LogP contribution in [0.25, 0.3) is 0 Å². The Hall–Kier alpha value is -2.45. The maximum absolute atomic E-state index is 6.20. The molecule has 0 saturated heterocycles. The summed E-state index contributed by atoms with van der Waals surface area (Å²) in [6.07, 6.45) is 0. The monoisotopic (exact) mass is 307 g/mol. The third kappa shape index (κ3) is 2.13. The fourth-order valence-electron chi connectivity index (χ4n) is 2.70. The summed E-state index contributed by atoms with van der Waals surface area (Å²) < 4.78 is 6.01. The molecule has 0 fully saturated rings. The number of nitrogens with zero attached hydrogens (tertiary/aromatic N) is 1. The summed E-state index contributed by atoms with van der Waals surface area (Å²) >= 11 is 6.20. The highest BCUT2D eigenvalue weighted by Gasteiger charge is 2.25. The SMILES string of the molecule is Cc1ccc(N2c3ccccc3Oc3ccc(Cl)cc32)cc1.